The number of rotatable bonds is 4. The molecular formula is C33H43F3O7. The molecule has 0 aromatic heterocycles. The first-order valence-corrected chi connectivity index (χ1v) is 15.5. The predicted molar refractivity (Wildman–Crippen MR) is 149 cm³/mol. The number of ketones is 1. The Bertz CT molecular complexity index is 1310. The molecule has 1 N–H and O–H groups in total. The Balaban J connectivity index is 1.37. The van der Waals surface area contributed by atoms with E-state index in [4.69, 9.17) is 14.2 Å². The second-order valence-corrected chi connectivity index (χ2v) is 15.3. The molecule has 238 valence electrons. The Labute approximate surface area is 250 Å². The standard InChI is InChI=1S/C33H43F3O7/c1-17-11-20-21-14-23(35)22-13-19(37)8-10-29(22,4)32(21,36)24(38)15-31(20,6)33(17,26(39)41-16-34)43-27(40)42-25-12-18-7-9-30(25,5)28(18,2)3/h8,10,13,17-18,20-21,23-25,38H,7,9,11-12,14-16H2,1-6H3/t17-,18+,20+,21+,23+,24+,25-,29+,30+,31+,32+,33+/m1/s1. The summed E-state index contributed by atoms with van der Waals surface area (Å²) in [4.78, 5) is 39.5. The SMILES string of the molecule is C[C@@H]1C[C@H]2[C@@H]3C[C@H](F)C4=CC(=O)C=C[C@]4(C)[C@@]3(F)[C@@H](O)C[C@]2(C)[C@@]1(OC(=O)O[C@@H]1C[C@@H]2CC[C@]1(C)C2(C)C)C(=O)OCF. The fourth-order valence-electron chi connectivity index (χ4n) is 11.0. The number of esters is 1. The Morgan fingerprint density at radius 2 is 1.77 bits per heavy atom. The summed E-state index contributed by atoms with van der Waals surface area (Å²) in [7, 11) is 0. The topological polar surface area (TPSA) is 99.1 Å². The van der Waals surface area contributed by atoms with E-state index in [0.717, 1.165) is 18.9 Å². The average molecular weight is 609 g/mol. The molecule has 10 heteroatoms. The van der Waals surface area contributed by atoms with Gasteiger partial charge in [-0.3, -0.25) is 4.79 Å². The van der Waals surface area contributed by atoms with Crippen molar-refractivity contribution in [3.63, 3.8) is 0 Å². The van der Waals surface area contributed by atoms with Gasteiger partial charge in [0.05, 0.1) is 6.10 Å². The zero-order valence-electron chi connectivity index (χ0n) is 25.8. The van der Waals surface area contributed by atoms with E-state index >= 15 is 8.78 Å². The molecule has 12 atom stereocenters. The fourth-order valence-corrected chi connectivity index (χ4v) is 11.0. The van der Waals surface area contributed by atoms with Crippen molar-refractivity contribution in [2.45, 2.75) is 110 Å². The first-order valence-electron chi connectivity index (χ1n) is 15.5. The predicted octanol–water partition coefficient (Wildman–Crippen LogP) is 6.13. The van der Waals surface area contributed by atoms with Crippen LogP contribution >= 0.6 is 0 Å². The van der Waals surface area contributed by atoms with E-state index in [2.05, 4.69) is 20.8 Å². The van der Waals surface area contributed by atoms with Crippen molar-refractivity contribution in [2.75, 3.05) is 6.86 Å². The number of halogens is 3. The highest BCUT2D eigenvalue weighted by Gasteiger charge is 2.79. The molecule has 0 radical (unpaired) electrons. The third-order valence-electron chi connectivity index (χ3n) is 13.9. The van der Waals surface area contributed by atoms with Gasteiger partial charge >= 0.3 is 12.1 Å². The molecule has 6 rings (SSSR count). The minimum absolute atomic E-state index is 0.0161. The summed E-state index contributed by atoms with van der Waals surface area (Å²) in [5.74, 6) is -3.87. The van der Waals surface area contributed by atoms with Gasteiger partial charge in [0.15, 0.2) is 11.5 Å². The number of alkyl halides is 3. The average Bonchev–Trinajstić information content (AvgIpc) is 3.36. The Morgan fingerprint density at radius 1 is 1.07 bits per heavy atom. The summed E-state index contributed by atoms with van der Waals surface area (Å²) in [5, 5.41) is 11.6. The van der Waals surface area contributed by atoms with Crippen LogP contribution in [-0.4, -0.2) is 59.5 Å². The molecule has 0 spiro atoms. The first-order chi connectivity index (χ1) is 19.9. The van der Waals surface area contributed by atoms with Gasteiger partial charge in [-0.15, -0.1) is 0 Å². The lowest BCUT2D eigenvalue weighted by molar-refractivity contribution is -0.236. The van der Waals surface area contributed by atoms with Gasteiger partial charge in [-0.05, 0) is 80.4 Å². The molecule has 0 aromatic rings. The van der Waals surface area contributed by atoms with Gasteiger partial charge in [0.25, 0.3) is 0 Å². The zero-order chi connectivity index (χ0) is 31.5. The van der Waals surface area contributed by atoms with Crippen molar-refractivity contribution in [3.8, 4) is 0 Å². The van der Waals surface area contributed by atoms with Crippen molar-refractivity contribution < 1.29 is 46.9 Å². The molecule has 43 heavy (non-hydrogen) atoms. The summed E-state index contributed by atoms with van der Waals surface area (Å²) in [6.45, 7) is 9.69. The summed E-state index contributed by atoms with van der Waals surface area (Å²) < 4.78 is 63.8. The smallest absolute Gasteiger partial charge is 0.431 e. The molecule has 0 unspecified atom stereocenters. The normalized spacial score (nSPS) is 50.8. The van der Waals surface area contributed by atoms with E-state index in [-0.39, 0.29) is 35.7 Å². The highest BCUT2D eigenvalue weighted by Crippen LogP contribution is 2.72. The van der Waals surface area contributed by atoms with Crippen molar-refractivity contribution in [2.24, 2.45) is 45.3 Å². The molecule has 0 heterocycles. The van der Waals surface area contributed by atoms with Crippen LogP contribution in [0, 0.1) is 45.3 Å². The second kappa shape index (κ2) is 9.33. The molecule has 5 fully saturated rings. The number of hydrogen-bond donors (Lipinski definition) is 1. The highest BCUT2D eigenvalue weighted by molar-refractivity contribution is 6.01. The van der Waals surface area contributed by atoms with Crippen molar-refractivity contribution in [3.05, 3.63) is 23.8 Å². The molecule has 5 saturated carbocycles. The molecule has 0 aromatic carbocycles. The van der Waals surface area contributed by atoms with Crippen molar-refractivity contribution in [1.29, 1.82) is 0 Å². The van der Waals surface area contributed by atoms with Gasteiger partial charge in [-0.2, -0.15) is 0 Å². The highest BCUT2D eigenvalue weighted by atomic mass is 19.1. The maximum Gasteiger partial charge on any atom is 0.509 e. The number of aliphatic hydroxyl groups is 1. The third kappa shape index (κ3) is 3.56. The van der Waals surface area contributed by atoms with Crippen LogP contribution in [-0.2, 0) is 23.8 Å². The van der Waals surface area contributed by atoms with Gasteiger partial charge in [-0.1, -0.05) is 40.7 Å². The van der Waals surface area contributed by atoms with E-state index in [9.17, 15) is 23.9 Å². The lowest BCUT2D eigenvalue weighted by Crippen LogP contribution is -2.71. The number of carbonyl (C=O) groups excluding carboxylic acids is 3. The lowest BCUT2D eigenvalue weighted by Gasteiger charge is -2.62. The van der Waals surface area contributed by atoms with E-state index in [1.54, 1.807) is 13.8 Å². The van der Waals surface area contributed by atoms with Crippen LogP contribution in [0.3, 0.4) is 0 Å². The van der Waals surface area contributed by atoms with Crippen LogP contribution < -0.4 is 0 Å². The van der Waals surface area contributed by atoms with Crippen LogP contribution in [0.15, 0.2) is 23.8 Å². The zero-order valence-corrected chi connectivity index (χ0v) is 25.8. The van der Waals surface area contributed by atoms with E-state index in [1.807, 2.05) is 0 Å². The number of hydrogen-bond acceptors (Lipinski definition) is 7. The Hall–Kier alpha value is -2.36. The maximum atomic E-state index is 17.6. The maximum absolute atomic E-state index is 17.6. The lowest BCUT2D eigenvalue weighted by atomic mass is 9.44. The molecule has 2 bridgehead atoms. The number of fused-ring (bicyclic) bond motifs is 7. The number of allylic oxidation sites excluding steroid dienone is 4. The van der Waals surface area contributed by atoms with Gasteiger partial charge < -0.3 is 19.3 Å². The largest absolute Gasteiger partial charge is 0.509 e. The van der Waals surface area contributed by atoms with Gasteiger partial charge in [0, 0.05) is 28.1 Å². The quantitative estimate of drug-likeness (QED) is 0.384. The van der Waals surface area contributed by atoms with E-state index in [0.29, 0.717) is 12.3 Å². The van der Waals surface area contributed by atoms with Crippen LogP contribution in [0.2, 0.25) is 0 Å². The van der Waals surface area contributed by atoms with E-state index in [1.165, 1.54) is 19.1 Å². The third-order valence-corrected chi connectivity index (χ3v) is 13.9. The van der Waals surface area contributed by atoms with Crippen LogP contribution in [0.25, 0.3) is 0 Å². The monoisotopic (exact) mass is 608 g/mol. The van der Waals surface area contributed by atoms with Gasteiger partial charge in [-0.25, -0.2) is 22.8 Å². The summed E-state index contributed by atoms with van der Waals surface area (Å²) in [5.41, 5.74) is -7.92. The molecule has 0 aliphatic heterocycles. The molecule has 6 aliphatic carbocycles. The van der Waals surface area contributed by atoms with Crippen LogP contribution in [0.1, 0.15) is 80.1 Å². The van der Waals surface area contributed by atoms with Gasteiger partial charge in [0.1, 0.15) is 12.3 Å². The summed E-state index contributed by atoms with van der Waals surface area (Å²) in [6, 6.07) is 0. The molecule has 6 aliphatic rings. The second-order valence-electron chi connectivity index (χ2n) is 15.3. The Kier molecular flexibility index (Phi) is 6.65. The minimum atomic E-state index is -2.38. The van der Waals surface area contributed by atoms with Crippen LogP contribution in [0.5, 0.6) is 0 Å². The molecule has 7 nitrogen and oxygen atoms in total. The Morgan fingerprint density at radius 3 is 2.37 bits per heavy atom. The van der Waals surface area contributed by atoms with Crippen molar-refractivity contribution in [1.82, 2.24) is 0 Å². The number of carbonyl (C=O) groups is 3. The summed E-state index contributed by atoms with van der Waals surface area (Å²) >= 11 is 0. The molecular weight excluding hydrogens is 565 g/mol. The molecule has 0 amide bonds. The number of ether oxygens (including phenoxy) is 3. The van der Waals surface area contributed by atoms with Gasteiger partial charge in [0.2, 0.25) is 12.5 Å². The van der Waals surface area contributed by atoms with Crippen LogP contribution in [0.4, 0.5) is 18.0 Å². The first kappa shape index (κ1) is 30.7. The minimum Gasteiger partial charge on any atom is -0.431 e. The molecule has 0 saturated heterocycles. The number of aliphatic hydroxyl groups excluding tert-OH is 1. The van der Waals surface area contributed by atoms with E-state index < -0.39 is 83.0 Å². The van der Waals surface area contributed by atoms with Crippen molar-refractivity contribution >= 4 is 17.9 Å². The summed E-state index contributed by atoms with van der Waals surface area (Å²) in [6.07, 6.45) is 0.710. The fraction of sp³-hybridized carbons (Fsp3) is 0.788.